The molecule has 0 unspecified atom stereocenters. The summed E-state index contributed by atoms with van der Waals surface area (Å²) in [6, 6.07) is -0.832. The number of ether oxygens (including phenoxy) is 6. The third-order valence-electron chi connectivity index (χ3n) is 8.68. The highest BCUT2D eigenvalue weighted by atomic mass is 17.1. The highest BCUT2D eigenvalue weighted by Gasteiger charge is 2.83. The number of hydrogen-bond donors (Lipinski definition) is 0. The maximum atomic E-state index is 6.23. The van der Waals surface area contributed by atoms with Gasteiger partial charge in [-0.2, -0.15) is 8.97 Å². The quantitative estimate of drug-likeness (QED) is 0.470. The number of likely N-dealkylation sites (N-methyl/N-ethyl adjacent to an activating group) is 2. The third-order valence-corrected chi connectivity index (χ3v) is 8.68. The molecule has 4 aliphatic heterocycles. The Morgan fingerprint density at radius 1 is 0.500 bits per heavy atom. The molecule has 0 saturated carbocycles. The summed E-state index contributed by atoms with van der Waals surface area (Å²) >= 11 is 0. The zero-order chi connectivity index (χ0) is 26.6. The SMILES string of the molecule is C=C1OC2(OC(=C)C(C)(C)O2)OC1(C)C.C=C1OC2(OC(=C)C(C)(C)[N+]2(C)C)[N+](C)(C)C1(C)C. The van der Waals surface area contributed by atoms with Gasteiger partial charge >= 0.3 is 12.2 Å². The summed E-state index contributed by atoms with van der Waals surface area (Å²) in [6.07, 6.45) is -1.50. The second-order valence-corrected chi connectivity index (χ2v) is 12.4. The minimum Gasteiger partial charge on any atom is -0.409 e. The summed E-state index contributed by atoms with van der Waals surface area (Å²) in [6.45, 7) is 31.6. The Hall–Kier alpha value is -2.00. The molecule has 0 aromatic rings. The second kappa shape index (κ2) is 6.81. The first kappa shape index (κ1) is 26.6. The van der Waals surface area contributed by atoms with Crippen molar-refractivity contribution in [2.24, 2.45) is 0 Å². The Balaban J connectivity index is 0.000000196. The Kier molecular flexibility index (Phi) is 5.33. The Bertz CT molecular complexity index is 892. The molecule has 0 aromatic heterocycles. The van der Waals surface area contributed by atoms with Crippen LogP contribution in [0.4, 0.5) is 0 Å². The molecule has 0 N–H and O–H groups in total. The van der Waals surface area contributed by atoms with Crippen LogP contribution in [0.1, 0.15) is 55.4 Å². The zero-order valence-electron chi connectivity index (χ0n) is 23.2. The highest BCUT2D eigenvalue weighted by molar-refractivity contribution is 5.13. The smallest absolute Gasteiger partial charge is 0.409 e. The van der Waals surface area contributed by atoms with Gasteiger partial charge in [0.2, 0.25) is 0 Å². The van der Waals surface area contributed by atoms with Crippen LogP contribution in [0.15, 0.2) is 49.4 Å². The van der Waals surface area contributed by atoms with E-state index in [1.165, 1.54) is 0 Å². The molecule has 4 saturated heterocycles. The first-order chi connectivity index (χ1) is 14.9. The van der Waals surface area contributed by atoms with E-state index >= 15 is 0 Å². The van der Waals surface area contributed by atoms with E-state index < -0.39 is 23.4 Å². The van der Waals surface area contributed by atoms with Crippen LogP contribution in [0, 0.1) is 0 Å². The average Bonchev–Trinajstić information content (AvgIpc) is 3.09. The van der Waals surface area contributed by atoms with E-state index in [2.05, 4.69) is 82.2 Å². The van der Waals surface area contributed by atoms with E-state index in [9.17, 15) is 0 Å². The topological polar surface area (TPSA) is 55.4 Å². The monoisotopic (exact) mass is 480 g/mol. The molecule has 0 atom stereocenters. The van der Waals surface area contributed by atoms with Crippen LogP contribution in [0.5, 0.6) is 0 Å². The first-order valence-corrected chi connectivity index (χ1v) is 11.5. The summed E-state index contributed by atoms with van der Waals surface area (Å²) in [4.78, 5) is 0. The minimum absolute atomic E-state index is 0.226. The largest absolute Gasteiger partial charge is 0.563 e. The summed E-state index contributed by atoms with van der Waals surface area (Å²) in [5.74, 6) is 2.48. The van der Waals surface area contributed by atoms with Crippen LogP contribution in [-0.2, 0) is 28.4 Å². The number of hydrogen-bond acceptors (Lipinski definition) is 6. The maximum absolute atomic E-state index is 6.23. The predicted octanol–water partition coefficient (Wildman–Crippen LogP) is 4.67. The standard InChI is InChI=1S/C15H28N2O2.C11H16O4/c1-11-13(3,4)16(7,8)15(18-11)17(9,10)14(5,6)12(2)19-15;1-7-9(3,4)14-11(12-7)13-8(2)10(5,6)15-11/h1-2H2,3-10H3;1-2H2,3-6H3/q+2;. The minimum atomic E-state index is -1.50. The average molecular weight is 481 g/mol. The fraction of sp³-hybridized carbons (Fsp3) is 0.692. The van der Waals surface area contributed by atoms with Crippen molar-refractivity contribution in [3.8, 4) is 0 Å². The molecule has 4 heterocycles. The molecule has 8 nitrogen and oxygen atoms in total. The van der Waals surface area contributed by atoms with Crippen molar-refractivity contribution in [1.82, 2.24) is 0 Å². The second-order valence-electron chi connectivity index (χ2n) is 12.4. The van der Waals surface area contributed by atoms with Crippen molar-refractivity contribution in [1.29, 1.82) is 0 Å². The van der Waals surface area contributed by atoms with Gasteiger partial charge in [0.05, 0.1) is 28.2 Å². The zero-order valence-corrected chi connectivity index (χ0v) is 23.2. The molecule has 34 heavy (non-hydrogen) atoms. The van der Waals surface area contributed by atoms with Gasteiger partial charge in [0.25, 0.3) is 0 Å². The van der Waals surface area contributed by atoms with Crippen molar-refractivity contribution in [3.05, 3.63) is 49.4 Å². The lowest BCUT2D eigenvalue weighted by Crippen LogP contribution is -2.76. The Morgan fingerprint density at radius 2 is 0.794 bits per heavy atom. The lowest BCUT2D eigenvalue weighted by molar-refractivity contribution is -1.20. The maximum Gasteiger partial charge on any atom is 0.563 e. The molecule has 0 amide bonds. The van der Waals surface area contributed by atoms with Gasteiger partial charge in [-0.1, -0.05) is 26.3 Å². The van der Waals surface area contributed by atoms with Crippen LogP contribution in [-0.4, -0.2) is 71.6 Å². The van der Waals surface area contributed by atoms with Gasteiger partial charge in [0.15, 0.2) is 22.6 Å². The Morgan fingerprint density at radius 3 is 0.971 bits per heavy atom. The van der Waals surface area contributed by atoms with Gasteiger partial charge in [-0.25, -0.2) is 0 Å². The molecular weight excluding hydrogens is 436 g/mol. The molecule has 4 aliphatic rings. The van der Waals surface area contributed by atoms with Gasteiger partial charge < -0.3 is 18.9 Å². The normalized spacial score (nSPS) is 31.4. The molecule has 0 aliphatic carbocycles. The van der Waals surface area contributed by atoms with E-state index in [0.717, 1.165) is 11.5 Å². The molecular formula is C26H44N2O6+2. The number of rotatable bonds is 0. The van der Waals surface area contributed by atoms with Crippen LogP contribution in [0.3, 0.4) is 0 Å². The van der Waals surface area contributed by atoms with Gasteiger partial charge in [-0.15, -0.1) is 0 Å². The van der Waals surface area contributed by atoms with E-state index in [-0.39, 0.29) is 11.1 Å². The van der Waals surface area contributed by atoms with Crippen molar-refractivity contribution < 1.29 is 37.4 Å². The summed E-state index contributed by atoms with van der Waals surface area (Å²) in [7, 11) is 8.53. The van der Waals surface area contributed by atoms with Gasteiger partial charge in [0.1, 0.15) is 22.7 Å². The van der Waals surface area contributed by atoms with Crippen molar-refractivity contribution >= 4 is 0 Å². The summed E-state index contributed by atoms with van der Waals surface area (Å²) < 4.78 is 35.6. The number of nitrogens with zero attached hydrogens (tertiary/aromatic N) is 2. The van der Waals surface area contributed by atoms with Crippen molar-refractivity contribution in [3.63, 3.8) is 0 Å². The van der Waals surface area contributed by atoms with Gasteiger partial charge in [0, 0.05) is 0 Å². The molecule has 8 heteroatoms. The Labute approximate surface area is 205 Å². The lowest BCUT2D eigenvalue weighted by atomic mass is 9.98. The molecule has 192 valence electrons. The molecule has 4 fully saturated rings. The van der Waals surface area contributed by atoms with Crippen LogP contribution < -0.4 is 0 Å². The van der Waals surface area contributed by atoms with Crippen LogP contribution >= 0.6 is 0 Å². The van der Waals surface area contributed by atoms with E-state index in [0.29, 0.717) is 20.5 Å². The molecule has 0 aromatic carbocycles. The van der Waals surface area contributed by atoms with Crippen molar-refractivity contribution in [2.75, 3.05) is 28.2 Å². The van der Waals surface area contributed by atoms with E-state index in [1.807, 2.05) is 27.7 Å². The third kappa shape index (κ3) is 3.11. The molecule has 0 bridgehead atoms. The lowest BCUT2D eigenvalue weighted by Gasteiger charge is -2.48. The van der Waals surface area contributed by atoms with Gasteiger partial charge in [-0.05, 0) is 55.4 Å². The van der Waals surface area contributed by atoms with Crippen LogP contribution in [0.25, 0.3) is 0 Å². The van der Waals surface area contributed by atoms with Gasteiger partial charge in [-0.3, -0.25) is 9.47 Å². The van der Waals surface area contributed by atoms with Crippen LogP contribution in [0.2, 0.25) is 0 Å². The fourth-order valence-electron chi connectivity index (χ4n) is 4.41. The highest BCUT2D eigenvalue weighted by Crippen LogP contribution is 2.58. The van der Waals surface area contributed by atoms with Crippen molar-refractivity contribution in [2.45, 2.75) is 89.9 Å². The van der Waals surface area contributed by atoms with E-state index in [4.69, 9.17) is 28.4 Å². The van der Waals surface area contributed by atoms with E-state index in [1.54, 1.807) is 0 Å². The molecule has 0 radical (unpaired) electrons. The fourth-order valence-corrected chi connectivity index (χ4v) is 4.41. The molecule has 2 spiro atoms. The summed E-state index contributed by atoms with van der Waals surface area (Å²) in [5.41, 5.74) is -1.70. The first-order valence-electron chi connectivity index (χ1n) is 11.5. The molecule has 4 rings (SSSR count). The number of quaternary nitrogens is 2. The predicted molar refractivity (Wildman–Crippen MR) is 129 cm³/mol. The summed E-state index contributed by atoms with van der Waals surface area (Å²) in [5, 5.41) is 0.